The number of anilines is 1. The fraction of sp³-hybridized carbons (Fsp3) is 0.438. The van der Waals surface area contributed by atoms with Crippen molar-refractivity contribution in [3.05, 3.63) is 29.6 Å². The maximum absolute atomic E-state index is 12.5. The third-order valence-electron chi connectivity index (χ3n) is 4.30. The molecule has 4 rings (SSSR count). The lowest BCUT2D eigenvalue weighted by Crippen LogP contribution is -2.51. The van der Waals surface area contributed by atoms with Crippen LogP contribution in [0.1, 0.15) is 12.8 Å². The number of carbonyl (C=O) groups is 1. The maximum Gasteiger partial charge on any atom is 0.322 e. The van der Waals surface area contributed by atoms with E-state index in [1.807, 2.05) is 17.0 Å². The molecule has 1 atom stereocenters. The molecule has 1 aromatic heterocycles. The lowest BCUT2D eigenvalue weighted by Gasteiger charge is -2.35. The summed E-state index contributed by atoms with van der Waals surface area (Å²) >= 11 is 1.72. The minimum atomic E-state index is 0.00443. The lowest BCUT2D eigenvalue weighted by molar-refractivity contribution is 0.00773. The zero-order valence-corrected chi connectivity index (χ0v) is 12.6. The molecular formula is C16H18N2O2S. The summed E-state index contributed by atoms with van der Waals surface area (Å²) in [7, 11) is 0. The van der Waals surface area contributed by atoms with Crippen LogP contribution in [-0.4, -0.2) is 36.7 Å². The van der Waals surface area contributed by atoms with E-state index in [4.69, 9.17) is 4.74 Å². The van der Waals surface area contributed by atoms with Gasteiger partial charge in [0.2, 0.25) is 0 Å². The number of thiophene rings is 1. The van der Waals surface area contributed by atoms with Crippen LogP contribution in [0.4, 0.5) is 10.5 Å². The summed E-state index contributed by atoms with van der Waals surface area (Å²) in [6.45, 7) is 2.01. The molecule has 4 nitrogen and oxygen atoms in total. The van der Waals surface area contributed by atoms with Crippen LogP contribution in [0, 0.1) is 5.92 Å². The van der Waals surface area contributed by atoms with E-state index in [0.717, 1.165) is 5.69 Å². The van der Waals surface area contributed by atoms with Crippen molar-refractivity contribution in [2.45, 2.75) is 18.9 Å². The SMILES string of the molecule is O=C(Nc1ccc2sccc2c1)N1CCOC[C@H]1C1CC1. The maximum atomic E-state index is 12.5. The van der Waals surface area contributed by atoms with Crippen molar-refractivity contribution in [2.75, 3.05) is 25.1 Å². The molecule has 1 saturated heterocycles. The van der Waals surface area contributed by atoms with Gasteiger partial charge in [-0.1, -0.05) is 0 Å². The van der Waals surface area contributed by atoms with E-state index in [2.05, 4.69) is 22.8 Å². The number of fused-ring (bicyclic) bond motifs is 1. The molecule has 2 fully saturated rings. The van der Waals surface area contributed by atoms with Gasteiger partial charge >= 0.3 is 6.03 Å². The van der Waals surface area contributed by atoms with Gasteiger partial charge in [0.05, 0.1) is 19.3 Å². The second kappa shape index (κ2) is 5.31. The summed E-state index contributed by atoms with van der Waals surface area (Å²) in [5, 5.41) is 6.29. The van der Waals surface area contributed by atoms with Gasteiger partial charge in [-0.2, -0.15) is 0 Å². The van der Waals surface area contributed by atoms with Gasteiger partial charge in [-0.3, -0.25) is 0 Å². The second-order valence-corrected chi connectivity index (χ2v) is 6.72. The summed E-state index contributed by atoms with van der Waals surface area (Å²) < 4.78 is 6.79. The standard InChI is InChI=1S/C16H18N2O2S/c19-16(18-6-7-20-10-14(18)11-1-2-11)17-13-3-4-15-12(9-13)5-8-21-15/h3-5,8-9,11,14H,1-2,6-7,10H2,(H,17,19)/t14-/m0/s1. The van der Waals surface area contributed by atoms with Crippen LogP contribution >= 0.6 is 11.3 Å². The van der Waals surface area contributed by atoms with Gasteiger partial charge < -0.3 is 15.0 Å². The molecule has 2 aliphatic rings. The van der Waals surface area contributed by atoms with Gasteiger partial charge in [-0.05, 0) is 53.8 Å². The number of carbonyl (C=O) groups excluding carboxylic acids is 1. The highest BCUT2D eigenvalue weighted by Crippen LogP contribution is 2.36. The van der Waals surface area contributed by atoms with Gasteiger partial charge in [0.15, 0.2) is 0 Å². The van der Waals surface area contributed by atoms with Crippen molar-refractivity contribution in [1.29, 1.82) is 0 Å². The third kappa shape index (κ3) is 2.63. The highest BCUT2D eigenvalue weighted by atomic mass is 32.1. The van der Waals surface area contributed by atoms with Crippen LogP contribution in [0.25, 0.3) is 10.1 Å². The van der Waals surface area contributed by atoms with Crippen LogP contribution in [0.3, 0.4) is 0 Å². The van der Waals surface area contributed by atoms with Crippen LogP contribution in [0.2, 0.25) is 0 Å². The van der Waals surface area contributed by atoms with Crippen molar-refractivity contribution >= 4 is 33.1 Å². The zero-order valence-electron chi connectivity index (χ0n) is 11.7. The van der Waals surface area contributed by atoms with Crippen molar-refractivity contribution < 1.29 is 9.53 Å². The number of rotatable bonds is 2. The van der Waals surface area contributed by atoms with Gasteiger partial charge in [0.1, 0.15) is 0 Å². The zero-order chi connectivity index (χ0) is 14.2. The second-order valence-electron chi connectivity index (χ2n) is 5.78. The Hall–Kier alpha value is -1.59. The van der Waals surface area contributed by atoms with E-state index in [9.17, 15) is 4.79 Å². The molecule has 0 bridgehead atoms. The molecular weight excluding hydrogens is 284 g/mol. The molecule has 1 N–H and O–H groups in total. The van der Waals surface area contributed by atoms with Crippen LogP contribution in [0.5, 0.6) is 0 Å². The molecule has 1 saturated carbocycles. The summed E-state index contributed by atoms with van der Waals surface area (Å²) in [4.78, 5) is 14.5. The van der Waals surface area contributed by atoms with Crippen molar-refractivity contribution in [1.82, 2.24) is 4.90 Å². The van der Waals surface area contributed by atoms with Gasteiger partial charge in [0, 0.05) is 16.9 Å². The van der Waals surface area contributed by atoms with Crippen LogP contribution in [0.15, 0.2) is 29.6 Å². The molecule has 5 heteroatoms. The Kier molecular flexibility index (Phi) is 3.31. The first-order chi connectivity index (χ1) is 10.3. The largest absolute Gasteiger partial charge is 0.377 e. The number of benzene rings is 1. The third-order valence-corrected chi connectivity index (χ3v) is 5.19. The van der Waals surface area contributed by atoms with Crippen molar-refractivity contribution in [3.8, 4) is 0 Å². The molecule has 21 heavy (non-hydrogen) atoms. The molecule has 2 aromatic rings. The molecule has 2 amide bonds. The average molecular weight is 302 g/mol. The molecule has 1 aromatic carbocycles. The molecule has 1 aliphatic carbocycles. The van der Waals surface area contributed by atoms with Gasteiger partial charge in [0.25, 0.3) is 0 Å². The van der Waals surface area contributed by atoms with E-state index in [0.29, 0.717) is 25.7 Å². The number of nitrogens with one attached hydrogen (secondary N) is 1. The molecule has 0 spiro atoms. The van der Waals surface area contributed by atoms with Crippen LogP contribution in [-0.2, 0) is 4.74 Å². The fourth-order valence-electron chi connectivity index (χ4n) is 2.99. The Morgan fingerprint density at radius 1 is 1.33 bits per heavy atom. The first kappa shape index (κ1) is 13.1. The Morgan fingerprint density at radius 2 is 2.24 bits per heavy atom. The van der Waals surface area contributed by atoms with Gasteiger partial charge in [-0.25, -0.2) is 4.79 Å². The Bertz CT molecular complexity index is 665. The molecule has 1 aliphatic heterocycles. The molecule has 2 heterocycles. The normalized spacial score (nSPS) is 22.5. The first-order valence-electron chi connectivity index (χ1n) is 7.44. The summed E-state index contributed by atoms with van der Waals surface area (Å²) in [5.41, 5.74) is 0.868. The number of morpholine rings is 1. The molecule has 0 unspecified atom stereocenters. The minimum absolute atomic E-state index is 0.00443. The van der Waals surface area contributed by atoms with E-state index < -0.39 is 0 Å². The summed E-state index contributed by atoms with van der Waals surface area (Å²) in [6.07, 6.45) is 2.44. The minimum Gasteiger partial charge on any atom is -0.377 e. The highest BCUT2D eigenvalue weighted by Gasteiger charge is 2.39. The Balaban J connectivity index is 1.50. The summed E-state index contributed by atoms with van der Waals surface area (Å²) in [5.74, 6) is 0.635. The quantitative estimate of drug-likeness (QED) is 0.922. The lowest BCUT2D eigenvalue weighted by atomic mass is 10.1. The van der Waals surface area contributed by atoms with E-state index in [1.54, 1.807) is 11.3 Å². The Morgan fingerprint density at radius 3 is 3.10 bits per heavy atom. The molecule has 110 valence electrons. The number of nitrogens with zero attached hydrogens (tertiary/aromatic N) is 1. The van der Waals surface area contributed by atoms with E-state index in [-0.39, 0.29) is 12.1 Å². The fourth-order valence-corrected chi connectivity index (χ4v) is 3.76. The summed E-state index contributed by atoms with van der Waals surface area (Å²) in [6, 6.07) is 8.41. The number of urea groups is 1. The van der Waals surface area contributed by atoms with Crippen molar-refractivity contribution in [2.24, 2.45) is 5.92 Å². The molecule has 0 radical (unpaired) electrons. The number of hydrogen-bond acceptors (Lipinski definition) is 3. The first-order valence-corrected chi connectivity index (χ1v) is 8.32. The number of amides is 2. The predicted molar refractivity (Wildman–Crippen MR) is 84.9 cm³/mol. The highest BCUT2D eigenvalue weighted by molar-refractivity contribution is 7.17. The van der Waals surface area contributed by atoms with Crippen molar-refractivity contribution in [3.63, 3.8) is 0 Å². The number of ether oxygens (including phenoxy) is 1. The van der Waals surface area contributed by atoms with E-state index >= 15 is 0 Å². The van der Waals surface area contributed by atoms with E-state index in [1.165, 1.54) is 22.9 Å². The average Bonchev–Trinajstić information content (AvgIpc) is 3.25. The monoisotopic (exact) mass is 302 g/mol. The number of hydrogen-bond donors (Lipinski definition) is 1. The predicted octanol–water partition coefficient (Wildman–Crippen LogP) is 3.54. The Labute approximate surface area is 127 Å². The smallest absolute Gasteiger partial charge is 0.322 e. The van der Waals surface area contributed by atoms with Crippen LogP contribution < -0.4 is 5.32 Å². The van der Waals surface area contributed by atoms with Gasteiger partial charge in [-0.15, -0.1) is 11.3 Å². The topological polar surface area (TPSA) is 41.6 Å².